The third-order valence-corrected chi connectivity index (χ3v) is 4.35. The molecule has 0 atom stereocenters. The molecule has 0 aliphatic carbocycles. The normalized spacial score (nSPS) is 14.3. The van der Waals surface area contributed by atoms with Gasteiger partial charge in [0.1, 0.15) is 5.75 Å². The first-order chi connectivity index (χ1) is 9.93. The summed E-state index contributed by atoms with van der Waals surface area (Å²) in [6.45, 7) is 8.61. The summed E-state index contributed by atoms with van der Waals surface area (Å²) in [7, 11) is -1.42. The van der Waals surface area contributed by atoms with Crippen LogP contribution in [-0.4, -0.2) is 0 Å². The standard InChI is InChI=1S/C17H19O3P/c1-12-9-10-14(13(11-12)17(2,3)4)18-21-19-15-7-5-6-8-16(15)20-21/h5-11H,1-4H3. The van der Waals surface area contributed by atoms with Crippen molar-refractivity contribution in [2.75, 3.05) is 0 Å². The monoisotopic (exact) mass is 302 g/mol. The number of rotatable bonds is 2. The van der Waals surface area contributed by atoms with E-state index < -0.39 is 8.60 Å². The lowest BCUT2D eigenvalue weighted by molar-refractivity contribution is 0.425. The van der Waals surface area contributed by atoms with E-state index in [4.69, 9.17) is 13.6 Å². The molecule has 1 aliphatic rings. The minimum Gasteiger partial charge on any atom is -0.408 e. The second-order valence-corrected chi connectivity index (χ2v) is 7.19. The average Bonchev–Trinajstić information content (AvgIpc) is 2.82. The Morgan fingerprint density at radius 1 is 0.952 bits per heavy atom. The molecular weight excluding hydrogens is 283 g/mol. The van der Waals surface area contributed by atoms with E-state index in [0.29, 0.717) is 0 Å². The highest BCUT2D eigenvalue weighted by Crippen LogP contribution is 2.53. The van der Waals surface area contributed by atoms with Crippen LogP contribution in [0.2, 0.25) is 0 Å². The fourth-order valence-corrected chi connectivity index (χ4v) is 3.26. The van der Waals surface area contributed by atoms with Gasteiger partial charge in [-0.25, -0.2) is 0 Å². The molecule has 0 N–H and O–H groups in total. The lowest BCUT2D eigenvalue weighted by atomic mass is 9.85. The Bertz CT molecular complexity index is 636. The molecule has 0 amide bonds. The molecule has 2 aromatic rings. The van der Waals surface area contributed by atoms with Gasteiger partial charge in [-0.15, -0.1) is 0 Å². The molecule has 3 rings (SSSR count). The zero-order valence-electron chi connectivity index (χ0n) is 12.7. The van der Waals surface area contributed by atoms with Crippen LogP contribution in [0.25, 0.3) is 0 Å². The largest absolute Gasteiger partial charge is 0.530 e. The Morgan fingerprint density at radius 3 is 2.14 bits per heavy atom. The van der Waals surface area contributed by atoms with Gasteiger partial charge in [0.2, 0.25) is 0 Å². The van der Waals surface area contributed by atoms with Crippen molar-refractivity contribution in [1.82, 2.24) is 0 Å². The van der Waals surface area contributed by atoms with Crippen molar-refractivity contribution in [1.29, 1.82) is 0 Å². The van der Waals surface area contributed by atoms with E-state index in [0.717, 1.165) is 22.8 Å². The molecule has 0 saturated carbocycles. The highest BCUT2D eigenvalue weighted by molar-refractivity contribution is 7.43. The van der Waals surface area contributed by atoms with Crippen molar-refractivity contribution >= 4 is 8.60 Å². The summed E-state index contributed by atoms with van der Waals surface area (Å²) in [4.78, 5) is 0. The van der Waals surface area contributed by atoms with Crippen LogP contribution < -0.4 is 13.6 Å². The smallest absolute Gasteiger partial charge is 0.408 e. The number of aryl methyl sites for hydroxylation is 1. The highest BCUT2D eigenvalue weighted by atomic mass is 31.2. The van der Waals surface area contributed by atoms with Crippen molar-refractivity contribution in [2.24, 2.45) is 0 Å². The van der Waals surface area contributed by atoms with Crippen LogP contribution in [0, 0.1) is 6.92 Å². The minimum atomic E-state index is -1.42. The molecule has 0 fully saturated rings. The SMILES string of the molecule is Cc1ccc(OP2Oc3ccccc3O2)c(C(C)(C)C)c1. The van der Waals surface area contributed by atoms with Gasteiger partial charge in [0.25, 0.3) is 0 Å². The molecular formula is C17H19O3P. The van der Waals surface area contributed by atoms with E-state index in [1.807, 2.05) is 36.4 Å². The molecule has 0 radical (unpaired) electrons. The van der Waals surface area contributed by atoms with Crippen LogP contribution in [0.3, 0.4) is 0 Å². The third kappa shape index (κ3) is 2.98. The first-order valence-electron chi connectivity index (χ1n) is 6.98. The van der Waals surface area contributed by atoms with Crippen LogP contribution in [0.1, 0.15) is 31.9 Å². The molecule has 4 heteroatoms. The van der Waals surface area contributed by atoms with Gasteiger partial charge in [-0.2, -0.15) is 0 Å². The molecule has 0 saturated heterocycles. The van der Waals surface area contributed by atoms with Crippen LogP contribution in [0.15, 0.2) is 42.5 Å². The van der Waals surface area contributed by atoms with Crippen molar-refractivity contribution < 1.29 is 13.6 Å². The zero-order valence-corrected chi connectivity index (χ0v) is 13.6. The third-order valence-electron chi connectivity index (χ3n) is 3.31. The van der Waals surface area contributed by atoms with E-state index in [2.05, 4.69) is 33.8 Å². The van der Waals surface area contributed by atoms with E-state index in [1.54, 1.807) is 0 Å². The van der Waals surface area contributed by atoms with Gasteiger partial charge >= 0.3 is 8.60 Å². The van der Waals surface area contributed by atoms with Crippen molar-refractivity contribution in [3.63, 3.8) is 0 Å². The first kappa shape index (κ1) is 14.2. The zero-order chi connectivity index (χ0) is 15.0. The lowest BCUT2D eigenvalue weighted by Gasteiger charge is -2.23. The highest BCUT2D eigenvalue weighted by Gasteiger charge is 2.31. The topological polar surface area (TPSA) is 27.7 Å². The van der Waals surface area contributed by atoms with Crippen molar-refractivity contribution in [3.8, 4) is 17.2 Å². The van der Waals surface area contributed by atoms with Crippen LogP contribution in [0.5, 0.6) is 17.2 Å². The van der Waals surface area contributed by atoms with Gasteiger partial charge < -0.3 is 13.6 Å². The quantitative estimate of drug-likeness (QED) is 0.698. The predicted molar refractivity (Wildman–Crippen MR) is 85.1 cm³/mol. The Kier molecular flexibility index (Phi) is 3.54. The number of hydrogen-bond donors (Lipinski definition) is 0. The van der Waals surface area contributed by atoms with E-state index in [-0.39, 0.29) is 5.41 Å². The second-order valence-electron chi connectivity index (χ2n) is 6.19. The molecule has 0 spiro atoms. The Hall–Kier alpha value is -1.73. The summed E-state index contributed by atoms with van der Waals surface area (Å²) < 4.78 is 17.4. The first-order valence-corrected chi connectivity index (χ1v) is 8.07. The molecule has 0 bridgehead atoms. The Morgan fingerprint density at radius 2 is 1.57 bits per heavy atom. The fourth-order valence-electron chi connectivity index (χ4n) is 2.21. The predicted octanol–water partition coefficient (Wildman–Crippen LogP) is 5.37. The number of hydrogen-bond acceptors (Lipinski definition) is 3. The van der Waals surface area contributed by atoms with Gasteiger partial charge in [-0.1, -0.05) is 50.6 Å². The number of fused-ring (bicyclic) bond motifs is 1. The van der Waals surface area contributed by atoms with Crippen molar-refractivity contribution in [2.45, 2.75) is 33.1 Å². The Labute approximate surface area is 126 Å². The fraction of sp³-hybridized carbons (Fsp3) is 0.294. The van der Waals surface area contributed by atoms with E-state index >= 15 is 0 Å². The molecule has 110 valence electrons. The maximum atomic E-state index is 5.99. The average molecular weight is 302 g/mol. The van der Waals surface area contributed by atoms with Crippen LogP contribution >= 0.6 is 8.60 Å². The lowest BCUT2D eigenvalue weighted by Crippen LogP contribution is -2.13. The van der Waals surface area contributed by atoms with Crippen LogP contribution in [-0.2, 0) is 5.41 Å². The summed E-state index contributed by atoms with van der Waals surface area (Å²) in [6, 6.07) is 13.8. The van der Waals surface area contributed by atoms with Crippen molar-refractivity contribution in [3.05, 3.63) is 53.6 Å². The maximum absolute atomic E-state index is 5.99. The maximum Gasteiger partial charge on any atom is 0.530 e. The molecule has 3 nitrogen and oxygen atoms in total. The Balaban J connectivity index is 1.84. The second kappa shape index (κ2) is 5.23. The molecule has 0 unspecified atom stereocenters. The summed E-state index contributed by atoms with van der Waals surface area (Å²) in [5.74, 6) is 2.31. The summed E-state index contributed by atoms with van der Waals surface area (Å²) in [6.07, 6.45) is 0. The number of benzene rings is 2. The van der Waals surface area contributed by atoms with Gasteiger partial charge in [0.15, 0.2) is 11.5 Å². The van der Waals surface area contributed by atoms with Gasteiger partial charge in [0, 0.05) is 5.56 Å². The summed E-state index contributed by atoms with van der Waals surface area (Å²) in [5.41, 5.74) is 2.38. The summed E-state index contributed by atoms with van der Waals surface area (Å²) in [5, 5.41) is 0. The van der Waals surface area contributed by atoms with E-state index in [1.165, 1.54) is 5.56 Å². The molecule has 1 aliphatic heterocycles. The van der Waals surface area contributed by atoms with Gasteiger partial charge in [-0.05, 0) is 30.5 Å². The molecule has 2 aromatic carbocycles. The molecule has 1 heterocycles. The van der Waals surface area contributed by atoms with Gasteiger partial charge in [-0.3, -0.25) is 0 Å². The molecule has 0 aromatic heterocycles. The van der Waals surface area contributed by atoms with Crippen LogP contribution in [0.4, 0.5) is 0 Å². The molecule has 21 heavy (non-hydrogen) atoms. The van der Waals surface area contributed by atoms with Gasteiger partial charge in [0.05, 0.1) is 0 Å². The summed E-state index contributed by atoms with van der Waals surface area (Å²) >= 11 is 0. The number of para-hydroxylation sites is 2. The minimum absolute atomic E-state index is 0.00324. The van der Waals surface area contributed by atoms with E-state index in [9.17, 15) is 0 Å².